The van der Waals surface area contributed by atoms with E-state index in [4.69, 9.17) is 0 Å². The van der Waals surface area contributed by atoms with Gasteiger partial charge < -0.3 is 38.5 Å². The first kappa shape index (κ1) is 25.6. The molecule has 0 aromatic carbocycles. The quantitative estimate of drug-likeness (QED) is 0.307. The van der Waals surface area contributed by atoms with Gasteiger partial charge in [-0.2, -0.15) is 0 Å². The Bertz CT molecular complexity index is 411. The summed E-state index contributed by atoms with van der Waals surface area (Å²) in [7, 11) is -24.9. The molecule has 19 heavy (non-hydrogen) atoms. The minimum atomic E-state index is -6.26. The van der Waals surface area contributed by atoms with E-state index in [2.05, 4.69) is 12.9 Å². The van der Waals surface area contributed by atoms with E-state index in [9.17, 15) is 47.6 Å². The van der Waals surface area contributed by atoms with Crippen LogP contribution in [0.5, 0.6) is 0 Å². The van der Waals surface area contributed by atoms with Gasteiger partial charge in [0.05, 0.1) is 15.6 Å². The average Bonchev–Trinajstić information content (AvgIpc) is 1.65. The molecule has 2 unspecified atom stereocenters. The molecule has 0 radical (unpaired) electrons. The molecule has 0 bridgehead atoms. The summed E-state index contributed by atoms with van der Waals surface area (Å²) in [6.45, 7) is 0. The Hall–Kier alpha value is 1.62. The molecule has 0 heterocycles. The van der Waals surface area contributed by atoms with Crippen molar-refractivity contribution in [2.75, 3.05) is 0 Å². The van der Waals surface area contributed by atoms with Gasteiger partial charge in [0.15, 0.2) is 0 Å². The number of hydrogen-bond acceptors (Lipinski definition) is 13. The Kier molecular flexibility index (Phi) is 11.2. The average molecular weight is 386 g/mol. The van der Waals surface area contributed by atoms with Gasteiger partial charge >= 0.3 is 34.7 Å². The fourth-order valence-electron chi connectivity index (χ4n) is 0.397. The van der Waals surface area contributed by atoms with E-state index in [1.165, 1.54) is 0 Å². The summed E-state index contributed by atoms with van der Waals surface area (Å²) in [4.78, 5) is 60.0. The van der Waals surface area contributed by atoms with Crippen LogP contribution in [-0.2, 0) is 31.2 Å². The molecule has 0 saturated heterocycles. The molecule has 0 amide bonds. The van der Waals surface area contributed by atoms with E-state index in [1.807, 2.05) is 0 Å². The number of phosphoric acid groups is 4. The van der Waals surface area contributed by atoms with Gasteiger partial charge in [0.25, 0.3) is 15.6 Å². The second-order valence-corrected chi connectivity index (χ2v) is 7.57. The van der Waals surface area contributed by atoms with Gasteiger partial charge in [0, 0.05) is 0 Å². The Morgan fingerprint density at radius 1 is 0.526 bits per heavy atom. The van der Waals surface area contributed by atoms with Crippen LogP contribution < -0.4 is 29.4 Å². The van der Waals surface area contributed by atoms with Crippen LogP contribution in [0.3, 0.4) is 0 Å². The maximum absolute atomic E-state index is 10.4. The van der Waals surface area contributed by atoms with Crippen LogP contribution in [0.4, 0.5) is 0 Å². The number of hydrogen-bond donors (Lipinski definition) is 0. The molecule has 0 fully saturated rings. The van der Waals surface area contributed by atoms with Gasteiger partial charge in [-0.15, -0.1) is 0 Å². The van der Waals surface area contributed by atoms with Gasteiger partial charge in [-0.05, 0) is 0 Å². The first-order valence-electron chi connectivity index (χ1n) is 2.92. The van der Waals surface area contributed by atoms with Crippen molar-refractivity contribution in [3.63, 3.8) is 0 Å². The molecule has 2 atom stereocenters. The Morgan fingerprint density at radius 2 is 0.737 bits per heavy atom. The molecule has 0 aliphatic rings. The molecule has 0 aliphatic heterocycles. The van der Waals surface area contributed by atoms with Crippen molar-refractivity contribution in [2.24, 2.45) is 0 Å². The van der Waals surface area contributed by atoms with E-state index in [1.54, 1.807) is 0 Å². The van der Waals surface area contributed by atoms with Crippen LogP contribution >= 0.6 is 31.3 Å². The first-order chi connectivity index (χ1) is 7.12. The van der Waals surface area contributed by atoms with E-state index >= 15 is 0 Å². The monoisotopic (exact) mass is 386 g/mol. The molecule has 0 aromatic heterocycles. The third-order valence-electron chi connectivity index (χ3n) is 0.600. The minimum absolute atomic E-state index is 0. The molecule has 0 N–H and O–H groups in total. The summed E-state index contributed by atoms with van der Waals surface area (Å²) in [6.07, 6.45) is 0. The van der Waals surface area contributed by atoms with Crippen LogP contribution in [0.25, 0.3) is 0 Å². The third-order valence-corrected chi connectivity index (χ3v) is 5.40. The van der Waals surface area contributed by atoms with Gasteiger partial charge in [-0.1, -0.05) is 0 Å². The second-order valence-electron chi connectivity index (χ2n) is 2.03. The van der Waals surface area contributed by atoms with Crippen molar-refractivity contribution in [1.29, 1.82) is 0 Å². The molecule has 0 aromatic rings. The van der Waals surface area contributed by atoms with Crippen molar-refractivity contribution in [3.8, 4) is 0 Å². The molecular formula is Al2O13P4. The van der Waals surface area contributed by atoms with Crippen LogP contribution in [0, 0.1) is 0 Å². The van der Waals surface area contributed by atoms with Crippen molar-refractivity contribution in [2.45, 2.75) is 0 Å². The summed E-state index contributed by atoms with van der Waals surface area (Å²) in [5, 5.41) is 0. The zero-order chi connectivity index (χ0) is 14.1. The molecule has 0 spiro atoms. The summed E-state index contributed by atoms with van der Waals surface area (Å²) >= 11 is 0. The summed E-state index contributed by atoms with van der Waals surface area (Å²) < 4.78 is 48.5. The summed E-state index contributed by atoms with van der Waals surface area (Å²) in [5.41, 5.74) is 0. The predicted octanol–water partition coefficient (Wildman–Crippen LogP) is -5.13. The largest absolute Gasteiger partial charge is 3.00 e. The zero-order valence-corrected chi connectivity index (χ0v) is 14.1. The fraction of sp³-hybridized carbons (Fsp3) is 0. The van der Waals surface area contributed by atoms with E-state index < -0.39 is 31.3 Å². The molecule has 0 saturated carbocycles. The summed E-state index contributed by atoms with van der Waals surface area (Å²) in [5.74, 6) is 0. The van der Waals surface area contributed by atoms with Gasteiger partial charge in [0.2, 0.25) is 0 Å². The predicted molar refractivity (Wildman–Crippen MR) is 45.2 cm³/mol. The van der Waals surface area contributed by atoms with Crippen LogP contribution in [0.15, 0.2) is 0 Å². The fourth-order valence-corrected chi connectivity index (χ4v) is 4.11. The molecule has 0 aliphatic carbocycles. The maximum atomic E-state index is 10.4. The van der Waals surface area contributed by atoms with Crippen molar-refractivity contribution in [1.82, 2.24) is 0 Å². The number of rotatable bonds is 6. The van der Waals surface area contributed by atoms with E-state index in [0.717, 1.165) is 0 Å². The minimum Gasteiger partial charge on any atom is -0.790 e. The molecular weight excluding hydrogens is 386 g/mol. The van der Waals surface area contributed by atoms with Crippen LogP contribution in [-0.4, -0.2) is 34.7 Å². The van der Waals surface area contributed by atoms with Gasteiger partial charge in [-0.25, -0.2) is 4.31 Å². The zero-order valence-electron chi connectivity index (χ0n) is 8.25. The topological polar surface area (TPSA) is 234 Å². The molecule has 13 nitrogen and oxygen atoms in total. The Labute approximate surface area is 126 Å². The smallest absolute Gasteiger partial charge is 0.790 e. The molecule has 104 valence electrons. The van der Waals surface area contributed by atoms with Crippen molar-refractivity contribution in [3.05, 3.63) is 0 Å². The van der Waals surface area contributed by atoms with E-state index in [-0.39, 0.29) is 34.7 Å². The Balaban J connectivity index is -0.00000128. The SMILES string of the molecule is O=P([O-])([O-])OP(=O)([O-])OP(=O)([O-])OP(=O)([O-])[O-].[Al+3].[Al+3]. The second kappa shape index (κ2) is 8.31. The van der Waals surface area contributed by atoms with Gasteiger partial charge in [0.1, 0.15) is 0 Å². The first-order valence-corrected chi connectivity index (χ1v) is 8.76. The van der Waals surface area contributed by atoms with Crippen molar-refractivity contribution < 1.29 is 60.6 Å². The van der Waals surface area contributed by atoms with Crippen LogP contribution in [0.2, 0.25) is 0 Å². The van der Waals surface area contributed by atoms with Crippen molar-refractivity contribution >= 4 is 66.0 Å². The van der Waals surface area contributed by atoms with Gasteiger partial charge in [-0.3, -0.25) is 17.8 Å². The Morgan fingerprint density at radius 3 is 0.895 bits per heavy atom. The molecule has 19 heteroatoms. The normalized spacial score (nSPS) is 18.4. The summed E-state index contributed by atoms with van der Waals surface area (Å²) in [6, 6.07) is 0. The van der Waals surface area contributed by atoms with E-state index in [0.29, 0.717) is 0 Å². The third kappa shape index (κ3) is 15.8. The maximum Gasteiger partial charge on any atom is 3.00 e. The molecule has 0 rings (SSSR count). The standard InChI is InChI=1S/2Al.H6O13P4/c;;1-14(2,3)11-16(7,8)13-17(9,10)12-15(4,5)6/h;;(H,7,8)(H,9,10)(H2,1,2,3)(H2,4,5,6)/q2*+3;/p-6. The van der Waals surface area contributed by atoms with Crippen LogP contribution in [0.1, 0.15) is 0 Å².